The zero-order valence-corrected chi connectivity index (χ0v) is 11.8. The summed E-state index contributed by atoms with van der Waals surface area (Å²) in [4.78, 5) is 12.1. The van der Waals surface area contributed by atoms with Gasteiger partial charge >= 0.3 is 0 Å². The molecule has 1 aliphatic carbocycles. The summed E-state index contributed by atoms with van der Waals surface area (Å²) in [6.45, 7) is 1.86. The molecule has 1 amide bonds. The fourth-order valence-electron chi connectivity index (χ4n) is 2.40. The SMILES string of the molecule is Cc1c(Cl)c(C(=O)NC2CCCCCC2)nn1C. The van der Waals surface area contributed by atoms with Crippen LogP contribution in [0.3, 0.4) is 0 Å². The summed E-state index contributed by atoms with van der Waals surface area (Å²) >= 11 is 6.11. The maximum atomic E-state index is 12.1. The minimum atomic E-state index is -0.143. The number of aromatic nitrogens is 2. The standard InChI is InChI=1S/C13H20ClN3O/c1-9-11(14)12(16-17(9)2)13(18)15-10-7-5-3-4-6-8-10/h10H,3-8H2,1-2H3,(H,15,18). The van der Waals surface area contributed by atoms with Crippen molar-refractivity contribution in [2.75, 3.05) is 0 Å². The Morgan fingerprint density at radius 2 is 1.94 bits per heavy atom. The molecular formula is C13H20ClN3O. The second-order valence-electron chi connectivity index (χ2n) is 5.03. The Labute approximate surface area is 113 Å². The third kappa shape index (κ3) is 2.86. The molecule has 4 nitrogen and oxygen atoms in total. The first kappa shape index (κ1) is 13.4. The molecule has 0 spiro atoms. The third-order valence-corrected chi connectivity index (χ3v) is 4.12. The van der Waals surface area contributed by atoms with Crippen LogP contribution in [0.25, 0.3) is 0 Å². The number of hydrogen-bond donors (Lipinski definition) is 1. The molecule has 0 aliphatic heterocycles. The molecule has 2 rings (SSSR count). The minimum absolute atomic E-state index is 0.143. The van der Waals surface area contributed by atoms with Gasteiger partial charge in [-0.2, -0.15) is 5.10 Å². The molecule has 1 heterocycles. The van der Waals surface area contributed by atoms with Gasteiger partial charge < -0.3 is 5.32 Å². The number of nitrogens with one attached hydrogen (secondary N) is 1. The van der Waals surface area contributed by atoms with Gasteiger partial charge in [-0.25, -0.2) is 0 Å². The molecule has 100 valence electrons. The third-order valence-electron chi connectivity index (χ3n) is 3.67. The molecule has 1 N–H and O–H groups in total. The van der Waals surface area contributed by atoms with E-state index in [4.69, 9.17) is 11.6 Å². The molecule has 1 saturated carbocycles. The number of hydrogen-bond acceptors (Lipinski definition) is 2. The Balaban J connectivity index is 2.04. The molecule has 5 heteroatoms. The largest absolute Gasteiger partial charge is 0.348 e. The van der Waals surface area contributed by atoms with E-state index in [1.165, 1.54) is 25.7 Å². The highest BCUT2D eigenvalue weighted by atomic mass is 35.5. The highest BCUT2D eigenvalue weighted by molar-refractivity contribution is 6.34. The lowest BCUT2D eigenvalue weighted by molar-refractivity contribution is 0.0927. The van der Waals surface area contributed by atoms with Crippen molar-refractivity contribution in [2.24, 2.45) is 7.05 Å². The van der Waals surface area contributed by atoms with Crippen LogP contribution >= 0.6 is 11.6 Å². The molecule has 18 heavy (non-hydrogen) atoms. The Morgan fingerprint density at radius 3 is 2.44 bits per heavy atom. The van der Waals surface area contributed by atoms with E-state index in [-0.39, 0.29) is 11.9 Å². The molecule has 1 aromatic rings. The lowest BCUT2D eigenvalue weighted by Gasteiger charge is -2.15. The van der Waals surface area contributed by atoms with Crippen LogP contribution in [0.4, 0.5) is 0 Å². The van der Waals surface area contributed by atoms with E-state index in [2.05, 4.69) is 10.4 Å². The average Bonchev–Trinajstić information content (AvgIpc) is 2.57. The Hall–Kier alpha value is -1.03. The summed E-state index contributed by atoms with van der Waals surface area (Å²) < 4.78 is 1.64. The summed E-state index contributed by atoms with van der Waals surface area (Å²) in [7, 11) is 1.80. The predicted octanol–water partition coefficient (Wildman–Crippen LogP) is 2.83. The predicted molar refractivity (Wildman–Crippen MR) is 71.9 cm³/mol. The van der Waals surface area contributed by atoms with Gasteiger partial charge in [-0.05, 0) is 19.8 Å². The topological polar surface area (TPSA) is 46.9 Å². The van der Waals surface area contributed by atoms with Gasteiger partial charge in [0, 0.05) is 13.1 Å². The quantitative estimate of drug-likeness (QED) is 0.840. The first-order valence-corrected chi connectivity index (χ1v) is 6.97. The molecule has 1 aliphatic rings. The van der Waals surface area contributed by atoms with Crippen LogP contribution in [0.2, 0.25) is 5.02 Å². The van der Waals surface area contributed by atoms with Gasteiger partial charge in [-0.1, -0.05) is 37.3 Å². The molecular weight excluding hydrogens is 250 g/mol. The second kappa shape index (κ2) is 5.74. The summed E-state index contributed by atoms with van der Waals surface area (Å²) in [5.74, 6) is -0.143. The van der Waals surface area contributed by atoms with Crippen molar-refractivity contribution in [3.05, 3.63) is 16.4 Å². The minimum Gasteiger partial charge on any atom is -0.348 e. The van der Waals surface area contributed by atoms with E-state index in [1.807, 2.05) is 6.92 Å². The normalized spacial score (nSPS) is 17.5. The fraction of sp³-hybridized carbons (Fsp3) is 0.692. The Kier molecular flexibility index (Phi) is 4.27. The van der Waals surface area contributed by atoms with Crippen LogP contribution in [0, 0.1) is 6.92 Å². The highest BCUT2D eigenvalue weighted by Gasteiger charge is 2.21. The van der Waals surface area contributed by atoms with Crippen molar-refractivity contribution < 1.29 is 4.79 Å². The van der Waals surface area contributed by atoms with Crippen LogP contribution in [-0.4, -0.2) is 21.7 Å². The van der Waals surface area contributed by atoms with Crippen molar-refractivity contribution in [3.63, 3.8) is 0 Å². The number of halogens is 1. The smallest absolute Gasteiger partial charge is 0.273 e. The second-order valence-corrected chi connectivity index (χ2v) is 5.41. The van der Waals surface area contributed by atoms with Crippen LogP contribution in [0.5, 0.6) is 0 Å². The van der Waals surface area contributed by atoms with Crippen molar-refractivity contribution in [3.8, 4) is 0 Å². The van der Waals surface area contributed by atoms with E-state index in [0.29, 0.717) is 10.7 Å². The molecule has 1 aromatic heterocycles. The summed E-state index contributed by atoms with van der Waals surface area (Å²) in [6, 6.07) is 0.276. The van der Waals surface area contributed by atoms with Gasteiger partial charge in [0.1, 0.15) is 0 Å². The van der Waals surface area contributed by atoms with Crippen molar-refractivity contribution >= 4 is 17.5 Å². The summed E-state index contributed by atoms with van der Waals surface area (Å²) in [6.07, 6.45) is 7.07. The highest BCUT2D eigenvalue weighted by Crippen LogP contribution is 2.21. The number of aryl methyl sites for hydroxylation is 1. The number of amides is 1. The average molecular weight is 270 g/mol. The van der Waals surface area contributed by atoms with Crippen molar-refractivity contribution in [1.82, 2.24) is 15.1 Å². The number of rotatable bonds is 2. The van der Waals surface area contributed by atoms with Crippen molar-refractivity contribution in [2.45, 2.75) is 51.5 Å². The van der Waals surface area contributed by atoms with E-state index >= 15 is 0 Å². The zero-order chi connectivity index (χ0) is 13.1. The lowest BCUT2D eigenvalue weighted by Crippen LogP contribution is -2.34. The molecule has 0 unspecified atom stereocenters. The maximum absolute atomic E-state index is 12.1. The number of nitrogens with zero attached hydrogens (tertiary/aromatic N) is 2. The van der Waals surface area contributed by atoms with Crippen molar-refractivity contribution in [1.29, 1.82) is 0 Å². The molecule has 0 aromatic carbocycles. The molecule has 0 atom stereocenters. The maximum Gasteiger partial charge on any atom is 0.273 e. The van der Waals surface area contributed by atoms with Gasteiger partial charge in [0.2, 0.25) is 0 Å². The Bertz CT molecular complexity index is 434. The fourth-order valence-corrected chi connectivity index (χ4v) is 2.65. The van der Waals surface area contributed by atoms with E-state index in [0.717, 1.165) is 18.5 Å². The van der Waals surface area contributed by atoms with Gasteiger partial charge in [0.15, 0.2) is 5.69 Å². The van der Waals surface area contributed by atoms with Gasteiger partial charge in [0.25, 0.3) is 5.91 Å². The van der Waals surface area contributed by atoms with E-state index in [1.54, 1.807) is 11.7 Å². The number of carbonyl (C=O) groups excluding carboxylic acids is 1. The van der Waals surface area contributed by atoms with E-state index < -0.39 is 0 Å². The number of carbonyl (C=O) groups is 1. The van der Waals surface area contributed by atoms with Gasteiger partial charge in [-0.15, -0.1) is 0 Å². The molecule has 0 radical (unpaired) electrons. The molecule has 1 fully saturated rings. The first-order valence-electron chi connectivity index (χ1n) is 6.59. The van der Waals surface area contributed by atoms with Gasteiger partial charge in [-0.3, -0.25) is 9.48 Å². The van der Waals surface area contributed by atoms with Crippen LogP contribution in [-0.2, 0) is 7.05 Å². The Morgan fingerprint density at radius 1 is 1.33 bits per heavy atom. The lowest BCUT2D eigenvalue weighted by atomic mass is 10.1. The van der Waals surface area contributed by atoms with E-state index in [9.17, 15) is 4.79 Å². The first-order chi connectivity index (χ1) is 8.59. The van der Waals surface area contributed by atoms with Crippen LogP contribution in [0.1, 0.15) is 54.7 Å². The van der Waals surface area contributed by atoms with Gasteiger partial charge in [0.05, 0.1) is 10.7 Å². The zero-order valence-electron chi connectivity index (χ0n) is 11.0. The monoisotopic (exact) mass is 269 g/mol. The molecule has 0 saturated heterocycles. The van der Waals surface area contributed by atoms with Crippen LogP contribution in [0.15, 0.2) is 0 Å². The summed E-state index contributed by atoms with van der Waals surface area (Å²) in [5, 5.41) is 7.69. The summed E-state index contributed by atoms with van der Waals surface area (Å²) in [5.41, 5.74) is 1.17. The molecule has 0 bridgehead atoms. The van der Waals surface area contributed by atoms with Crippen LogP contribution < -0.4 is 5.32 Å².